The summed E-state index contributed by atoms with van der Waals surface area (Å²) in [5.74, 6) is 0.640. The van der Waals surface area contributed by atoms with Crippen molar-refractivity contribution in [2.45, 2.75) is 27.2 Å². The van der Waals surface area contributed by atoms with Crippen molar-refractivity contribution in [1.82, 2.24) is 4.98 Å². The third-order valence-electron chi connectivity index (χ3n) is 3.08. The molecule has 0 aliphatic carbocycles. The van der Waals surface area contributed by atoms with Gasteiger partial charge in [-0.15, -0.1) is 0 Å². The fourth-order valence-corrected chi connectivity index (χ4v) is 2.19. The van der Waals surface area contributed by atoms with E-state index < -0.39 is 0 Å². The van der Waals surface area contributed by atoms with Crippen molar-refractivity contribution in [3.63, 3.8) is 0 Å². The van der Waals surface area contributed by atoms with Gasteiger partial charge in [0.1, 0.15) is 0 Å². The van der Waals surface area contributed by atoms with Crippen molar-refractivity contribution < 1.29 is 4.79 Å². The zero-order valence-corrected chi connectivity index (χ0v) is 11.7. The molecule has 98 valence electrons. The lowest BCUT2D eigenvalue weighted by Crippen LogP contribution is -2.05. The topological polar surface area (TPSA) is 30.0 Å². The smallest absolute Gasteiger partial charge is 0.194 e. The normalized spacial score (nSPS) is 10.7. The minimum atomic E-state index is 0.0520. The van der Waals surface area contributed by atoms with Gasteiger partial charge in [0, 0.05) is 23.0 Å². The number of benzene rings is 1. The van der Waals surface area contributed by atoms with E-state index in [4.69, 9.17) is 0 Å². The van der Waals surface area contributed by atoms with Crippen molar-refractivity contribution in [1.29, 1.82) is 0 Å². The molecular formula is C17H19NO. The van der Waals surface area contributed by atoms with Crippen LogP contribution in [0.4, 0.5) is 0 Å². The molecule has 0 aliphatic heterocycles. The molecule has 0 radical (unpaired) electrons. The van der Waals surface area contributed by atoms with Gasteiger partial charge in [0.2, 0.25) is 0 Å². The van der Waals surface area contributed by atoms with Gasteiger partial charge in [-0.3, -0.25) is 9.78 Å². The molecule has 2 aromatic rings. The highest BCUT2D eigenvalue weighted by Crippen LogP contribution is 2.15. The summed E-state index contributed by atoms with van der Waals surface area (Å²) in [5, 5.41) is 0. The molecule has 2 nitrogen and oxygen atoms in total. The number of hydrogen-bond donors (Lipinski definition) is 0. The maximum Gasteiger partial charge on any atom is 0.194 e. The van der Waals surface area contributed by atoms with Crippen LogP contribution in [-0.2, 0) is 6.42 Å². The number of pyridine rings is 1. The van der Waals surface area contributed by atoms with Crippen LogP contribution in [0.2, 0.25) is 0 Å². The second-order valence-electron chi connectivity index (χ2n) is 5.26. The maximum atomic E-state index is 12.5. The number of nitrogens with zero attached hydrogens (tertiary/aromatic N) is 1. The van der Waals surface area contributed by atoms with Gasteiger partial charge in [0.15, 0.2) is 5.78 Å². The van der Waals surface area contributed by atoms with Gasteiger partial charge in [-0.25, -0.2) is 0 Å². The third kappa shape index (κ3) is 3.28. The average molecular weight is 253 g/mol. The van der Waals surface area contributed by atoms with E-state index >= 15 is 0 Å². The molecule has 19 heavy (non-hydrogen) atoms. The Balaban J connectivity index is 2.32. The van der Waals surface area contributed by atoms with Crippen LogP contribution < -0.4 is 0 Å². The van der Waals surface area contributed by atoms with Crippen LogP contribution in [-0.4, -0.2) is 10.8 Å². The highest BCUT2D eigenvalue weighted by molar-refractivity contribution is 6.09. The molecule has 0 saturated carbocycles. The fourth-order valence-electron chi connectivity index (χ4n) is 2.19. The zero-order chi connectivity index (χ0) is 13.8. The first-order chi connectivity index (χ1) is 9.08. The number of hydrogen-bond acceptors (Lipinski definition) is 2. The number of carbonyl (C=O) groups is 1. The molecule has 0 fully saturated rings. The first-order valence-corrected chi connectivity index (χ1v) is 6.63. The zero-order valence-electron chi connectivity index (χ0n) is 11.7. The summed E-state index contributed by atoms with van der Waals surface area (Å²) < 4.78 is 0. The van der Waals surface area contributed by atoms with Gasteiger partial charge in [0.05, 0.1) is 0 Å². The van der Waals surface area contributed by atoms with Gasteiger partial charge in [-0.05, 0) is 43.0 Å². The summed E-state index contributed by atoms with van der Waals surface area (Å²) in [6, 6.07) is 11.5. The Labute approximate surface area is 114 Å². The van der Waals surface area contributed by atoms with E-state index in [1.165, 1.54) is 5.56 Å². The molecular weight excluding hydrogens is 234 g/mol. The van der Waals surface area contributed by atoms with E-state index in [1.807, 2.05) is 31.2 Å². The van der Waals surface area contributed by atoms with E-state index in [0.29, 0.717) is 11.5 Å². The summed E-state index contributed by atoms with van der Waals surface area (Å²) in [4.78, 5) is 16.6. The summed E-state index contributed by atoms with van der Waals surface area (Å²) in [6.45, 7) is 6.23. The van der Waals surface area contributed by atoms with E-state index in [1.54, 1.807) is 12.3 Å². The van der Waals surface area contributed by atoms with Crippen LogP contribution in [0.1, 0.15) is 41.0 Å². The van der Waals surface area contributed by atoms with Crippen LogP contribution in [0.15, 0.2) is 42.6 Å². The summed E-state index contributed by atoms with van der Waals surface area (Å²) in [5.41, 5.74) is 3.42. The summed E-state index contributed by atoms with van der Waals surface area (Å²) >= 11 is 0. The molecule has 0 unspecified atom stereocenters. The Morgan fingerprint density at radius 1 is 1.21 bits per heavy atom. The largest absolute Gasteiger partial charge is 0.289 e. The molecule has 1 aromatic heterocycles. The first-order valence-electron chi connectivity index (χ1n) is 6.63. The Hall–Kier alpha value is -1.96. The Morgan fingerprint density at radius 3 is 2.68 bits per heavy atom. The molecule has 0 atom stereocenters. The predicted molar refractivity (Wildman–Crippen MR) is 77.4 cm³/mol. The summed E-state index contributed by atoms with van der Waals surface area (Å²) in [6.07, 6.45) is 2.70. The van der Waals surface area contributed by atoms with Gasteiger partial charge in [-0.2, -0.15) is 0 Å². The molecule has 2 heteroatoms. The van der Waals surface area contributed by atoms with Gasteiger partial charge in [0.25, 0.3) is 0 Å². The van der Waals surface area contributed by atoms with Crippen LogP contribution >= 0.6 is 0 Å². The van der Waals surface area contributed by atoms with Gasteiger partial charge >= 0.3 is 0 Å². The number of ketones is 1. The minimum absolute atomic E-state index is 0.0520. The van der Waals surface area contributed by atoms with Crippen molar-refractivity contribution in [2.24, 2.45) is 5.92 Å². The van der Waals surface area contributed by atoms with Crippen LogP contribution in [0.25, 0.3) is 0 Å². The quantitative estimate of drug-likeness (QED) is 0.775. The van der Waals surface area contributed by atoms with Crippen LogP contribution in [0.3, 0.4) is 0 Å². The van der Waals surface area contributed by atoms with Crippen molar-refractivity contribution in [2.75, 3.05) is 0 Å². The molecule has 0 amide bonds. The maximum absolute atomic E-state index is 12.5. The highest BCUT2D eigenvalue weighted by Gasteiger charge is 2.12. The Bertz CT molecular complexity index is 587. The lowest BCUT2D eigenvalue weighted by Gasteiger charge is -2.08. The van der Waals surface area contributed by atoms with Gasteiger partial charge < -0.3 is 0 Å². The second-order valence-corrected chi connectivity index (χ2v) is 5.26. The summed E-state index contributed by atoms with van der Waals surface area (Å²) in [7, 11) is 0. The molecule has 2 rings (SSSR count). The van der Waals surface area contributed by atoms with Crippen LogP contribution in [0.5, 0.6) is 0 Å². The van der Waals surface area contributed by atoms with Crippen molar-refractivity contribution in [3.8, 4) is 0 Å². The molecule has 0 N–H and O–H groups in total. The van der Waals surface area contributed by atoms with Gasteiger partial charge in [-0.1, -0.05) is 32.0 Å². The molecule has 0 spiro atoms. The average Bonchev–Trinajstić information content (AvgIpc) is 2.38. The minimum Gasteiger partial charge on any atom is -0.289 e. The second kappa shape index (κ2) is 5.79. The molecule has 0 bridgehead atoms. The molecule has 0 aliphatic rings. The Kier molecular flexibility index (Phi) is 4.10. The Morgan fingerprint density at radius 2 is 2.00 bits per heavy atom. The fraction of sp³-hybridized carbons (Fsp3) is 0.294. The lowest BCUT2D eigenvalue weighted by molar-refractivity contribution is 0.103. The monoisotopic (exact) mass is 253 g/mol. The van der Waals surface area contributed by atoms with E-state index in [2.05, 4.69) is 24.9 Å². The predicted octanol–water partition coefficient (Wildman–Crippen LogP) is 3.82. The number of aromatic nitrogens is 1. The first kappa shape index (κ1) is 13.5. The number of aryl methyl sites for hydroxylation is 1. The van der Waals surface area contributed by atoms with E-state index in [9.17, 15) is 4.79 Å². The number of rotatable bonds is 4. The number of carbonyl (C=O) groups excluding carboxylic acids is 1. The van der Waals surface area contributed by atoms with E-state index in [0.717, 1.165) is 17.7 Å². The highest BCUT2D eigenvalue weighted by atomic mass is 16.1. The molecule has 1 aromatic carbocycles. The molecule has 0 saturated heterocycles. The standard InChI is InChI=1S/C17H19NO/c1-12(2)10-14-6-4-7-15(11-14)17(19)16-8-5-9-18-13(16)3/h4-9,11-12H,10H2,1-3H3. The van der Waals surface area contributed by atoms with Crippen molar-refractivity contribution in [3.05, 3.63) is 65.0 Å². The SMILES string of the molecule is Cc1ncccc1C(=O)c1cccc(CC(C)C)c1. The van der Waals surface area contributed by atoms with Crippen LogP contribution in [0, 0.1) is 12.8 Å². The third-order valence-corrected chi connectivity index (χ3v) is 3.08. The van der Waals surface area contributed by atoms with E-state index in [-0.39, 0.29) is 5.78 Å². The lowest BCUT2D eigenvalue weighted by atomic mass is 9.97. The van der Waals surface area contributed by atoms with Crippen molar-refractivity contribution >= 4 is 5.78 Å². The molecule has 1 heterocycles.